The van der Waals surface area contributed by atoms with Crippen molar-refractivity contribution in [2.24, 2.45) is 0 Å². The molecule has 0 aliphatic heterocycles. The highest BCUT2D eigenvalue weighted by Gasteiger charge is 2.13. The summed E-state index contributed by atoms with van der Waals surface area (Å²) in [6.07, 6.45) is 4.52. The van der Waals surface area contributed by atoms with E-state index in [9.17, 15) is 0 Å². The first-order valence-corrected chi connectivity index (χ1v) is 9.91. The minimum Gasteiger partial charge on any atom is -0.493 e. The Morgan fingerprint density at radius 2 is 1.93 bits per heavy atom. The molecule has 2 aromatic heterocycles. The van der Waals surface area contributed by atoms with Crippen LogP contribution in [0.15, 0.2) is 48.1 Å². The second-order valence-corrected chi connectivity index (χ2v) is 7.19. The smallest absolute Gasteiger partial charge is 0.161 e. The van der Waals surface area contributed by atoms with Gasteiger partial charge in [0.25, 0.3) is 0 Å². The first-order valence-electron chi connectivity index (χ1n) is 9.03. The Labute approximate surface area is 164 Å². The van der Waals surface area contributed by atoms with E-state index in [1.807, 2.05) is 31.2 Å². The van der Waals surface area contributed by atoms with Gasteiger partial charge in [-0.15, -0.1) is 11.3 Å². The van der Waals surface area contributed by atoms with Crippen LogP contribution in [0.25, 0.3) is 0 Å². The van der Waals surface area contributed by atoms with Gasteiger partial charge in [0.15, 0.2) is 11.5 Å². The molecule has 0 amide bonds. The van der Waals surface area contributed by atoms with Gasteiger partial charge in [-0.25, -0.2) is 4.98 Å². The number of aromatic nitrogens is 2. The summed E-state index contributed by atoms with van der Waals surface area (Å²) in [5, 5.41) is 6.82. The number of methoxy groups -OCH3 is 1. The third-order valence-corrected chi connectivity index (χ3v) is 5.34. The number of hydrogen-bond acceptors (Lipinski definition) is 6. The molecule has 1 unspecified atom stereocenters. The van der Waals surface area contributed by atoms with E-state index in [4.69, 9.17) is 9.47 Å². The van der Waals surface area contributed by atoms with Gasteiger partial charge in [-0.05, 0) is 48.7 Å². The van der Waals surface area contributed by atoms with Gasteiger partial charge in [-0.3, -0.25) is 4.98 Å². The van der Waals surface area contributed by atoms with E-state index in [0.717, 1.165) is 46.3 Å². The molecule has 3 aromatic rings. The van der Waals surface area contributed by atoms with Crippen LogP contribution in [0.1, 0.15) is 41.2 Å². The van der Waals surface area contributed by atoms with E-state index in [2.05, 4.69) is 33.7 Å². The number of nitrogens with zero attached hydrogens (tertiary/aromatic N) is 2. The molecular formula is C21H25N3O2S. The molecule has 3 rings (SSSR count). The number of aryl methyl sites for hydroxylation is 1. The largest absolute Gasteiger partial charge is 0.493 e. The van der Waals surface area contributed by atoms with E-state index in [1.165, 1.54) is 0 Å². The molecular weight excluding hydrogens is 358 g/mol. The van der Waals surface area contributed by atoms with E-state index in [-0.39, 0.29) is 6.04 Å². The minimum atomic E-state index is 0.261. The average Bonchev–Trinajstić information content (AvgIpc) is 3.14. The number of pyridine rings is 1. The lowest BCUT2D eigenvalue weighted by Crippen LogP contribution is -2.20. The monoisotopic (exact) mass is 383 g/mol. The van der Waals surface area contributed by atoms with Crippen molar-refractivity contribution in [2.75, 3.05) is 7.11 Å². The van der Waals surface area contributed by atoms with Crippen molar-refractivity contribution in [1.29, 1.82) is 0 Å². The van der Waals surface area contributed by atoms with Crippen molar-refractivity contribution < 1.29 is 9.47 Å². The van der Waals surface area contributed by atoms with Crippen LogP contribution in [0.2, 0.25) is 0 Å². The van der Waals surface area contributed by atoms with Crippen LogP contribution >= 0.6 is 11.3 Å². The van der Waals surface area contributed by atoms with E-state index in [1.54, 1.807) is 30.8 Å². The second-order valence-electron chi connectivity index (χ2n) is 6.30. The highest BCUT2D eigenvalue weighted by molar-refractivity contribution is 7.09. The standard InChI is InChI=1S/C21H25N3O2S/c1-4-18(21-24-15(2)14-27-21)23-12-17-5-6-19(20(11-17)25-3)26-13-16-7-9-22-10-8-16/h5-11,14,18,23H,4,12-13H2,1-3H3. The zero-order valence-electron chi connectivity index (χ0n) is 15.9. The van der Waals surface area contributed by atoms with Crippen molar-refractivity contribution in [2.45, 2.75) is 39.5 Å². The molecule has 6 heteroatoms. The number of ether oxygens (including phenoxy) is 2. The predicted octanol–water partition coefficient (Wildman–Crippen LogP) is 4.68. The Morgan fingerprint density at radius 3 is 2.59 bits per heavy atom. The fraction of sp³-hybridized carbons (Fsp3) is 0.333. The summed E-state index contributed by atoms with van der Waals surface area (Å²) in [4.78, 5) is 8.62. The van der Waals surface area contributed by atoms with Crippen molar-refractivity contribution in [3.8, 4) is 11.5 Å². The third kappa shape index (κ3) is 5.28. The average molecular weight is 384 g/mol. The number of hydrogen-bond donors (Lipinski definition) is 1. The van der Waals surface area contributed by atoms with Crippen molar-refractivity contribution in [3.05, 3.63) is 69.9 Å². The Balaban J connectivity index is 1.63. The highest BCUT2D eigenvalue weighted by atomic mass is 32.1. The first-order chi connectivity index (χ1) is 13.2. The fourth-order valence-electron chi connectivity index (χ4n) is 2.76. The summed E-state index contributed by atoms with van der Waals surface area (Å²) in [6.45, 7) is 5.43. The van der Waals surface area contributed by atoms with Crippen LogP contribution in [0.3, 0.4) is 0 Å². The van der Waals surface area contributed by atoms with Gasteiger partial charge in [0, 0.05) is 30.0 Å². The van der Waals surface area contributed by atoms with Crippen LogP contribution in [-0.4, -0.2) is 17.1 Å². The Kier molecular flexibility index (Phi) is 6.79. The second kappa shape index (κ2) is 9.48. The quantitative estimate of drug-likeness (QED) is 0.582. The number of nitrogens with one attached hydrogen (secondary N) is 1. The molecule has 0 fully saturated rings. The Morgan fingerprint density at radius 1 is 1.11 bits per heavy atom. The van der Waals surface area contributed by atoms with Gasteiger partial charge in [0.2, 0.25) is 0 Å². The normalized spacial score (nSPS) is 12.0. The zero-order valence-corrected chi connectivity index (χ0v) is 16.8. The molecule has 0 bridgehead atoms. The van der Waals surface area contributed by atoms with Crippen molar-refractivity contribution in [1.82, 2.24) is 15.3 Å². The summed E-state index contributed by atoms with van der Waals surface area (Å²) >= 11 is 1.71. The predicted molar refractivity (Wildman–Crippen MR) is 108 cm³/mol. The third-order valence-electron chi connectivity index (χ3n) is 4.27. The molecule has 27 heavy (non-hydrogen) atoms. The Hall–Kier alpha value is -2.44. The van der Waals surface area contributed by atoms with Gasteiger partial charge >= 0.3 is 0 Å². The molecule has 1 atom stereocenters. The van der Waals surface area contributed by atoms with Crippen LogP contribution in [-0.2, 0) is 13.2 Å². The van der Waals surface area contributed by atoms with Gasteiger partial charge < -0.3 is 14.8 Å². The topological polar surface area (TPSA) is 56.3 Å². The lowest BCUT2D eigenvalue weighted by molar-refractivity contribution is 0.284. The Bertz CT molecular complexity index is 852. The van der Waals surface area contributed by atoms with E-state index < -0.39 is 0 Å². The summed E-state index contributed by atoms with van der Waals surface area (Å²) in [7, 11) is 1.67. The van der Waals surface area contributed by atoms with Crippen LogP contribution in [0.4, 0.5) is 0 Å². The molecule has 5 nitrogen and oxygen atoms in total. The highest BCUT2D eigenvalue weighted by Crippen LogP contribution is 2.29. The molecule has 1 aromatic carbocycles. The maximum Gasteiger partial charge on any atom is 0.161 e. The van der Waals surface area contributed by atoms with Crippen LogP contribution in [0.5, 0.6) is 11.5 Å². The minimum absolute atomic E-state index is 0.261. The zero-order chi connectivity index (χ0) is 19.1. The summed E-state index contributed by atoms with van der Waals surface area (Å²) in [6, 6.07) is 10.2. The van der Waals surface area contributed by atoms with E-state index >= 15 is 0 Å². The lowest BCUT2D eigenvalue weighted by Gasteiger charge is -2.16. The maximum atomic E-state index is 5.91. The number of rotatable bonds is 9. The molecule has 0 saturated heterocycles. The molecule has 0 aliphatic rings. The van der Waals surface area contributed by atoms with Gasteiger partial charge in [-0.1, -0.05) is 13.0 Å². The van der Waals surface area contributed by atoms with Gasteiger partial charge in [0.1, 0.15) is 11.6 Å². The molecule has 0 aliphatic carbocycles. The SMILES string of the molecule is CCC(NCc1ccc(OCc2ccncc2)c(OC)c1)c1nc(C)cs1. The maximum absolute atomic E-state index is 5.91. The van der Waals surface area contributed by atoms with Crippen molar-refractivity contribution >= 4 is 11.3 Å². The van der Waals surface area contributed by atoms with Crippen LogP contribution < -0.4 is 14.8 Å². The van der Waals surface area contributed by atoms with Gasteiger partial charge in [0.05, 0.1) is 13.2 Å². The summed E-state index contributed by atoms with van der Waals surface area (Å²) < 4.78 is 11.4. The molecule has 1 N–H and O–H groups in total. The molecule has 142 valence electrons. The summed E-state index contributed by atoms with van der Waals surface area (Å²) in [5.74, 6) is 1.47. The molecule has 0 spiro atoms. The molecule has 0 saturated carbocycles. The molecule has 2 heterocycles. The van der Waals surface area contributed by atoms with Crippen LogP contribution in [0, 0.1) is 6.92 Å². The fourth-order valence-corrected chi connectivity index (χ4v) is 3.72. The number of thiazole rings is 1. The molecule has 0 radical (unpaired) electrons. The summed E-state index contributed by atoms with van der Waals surface area (Å²) in [5.41, 5.74) is 3.30. The first kappa shape index (κ1) is 19.3. The van der Waals surface area contributed by atoms with Crippen molar-refractivity contribution in [3.63, 3.8) is 0 Å². The number of benzene rings is 1. The van der Waals surface area contributed by atoms with E-state index in [0.29, 0.717) is 6.61 Å². The van der Waals surface area contributed by atoms with Gasteiger partial charge in [-0.2, -0.15) is 0 Å². The lowest BCUT2D eigenvalue weighted by atomic mass is 10.1.